The molecular formula is C16H29NO4. The molecule has 5 nitrogen and oxygen atoms in total. The van der Waals surface area contributed by atoms with E-state index in [-0.39, 0.29) is 6.42 Å². The minimum absolute atomic E-state index is 0.0349. The second-order valence-corrected chi connectivity index (χ2v) is 6.96. The quantitative estimate of drug-likeness (QED) is 0.739. The topological polar surface area (TPSA) is 75.6 Å². The molecule has 1 amide bonds. The molecule has 0 heterocycles. The summed E-state index contributed by atoms with van der Waals surface area (Å²) in [5, 5.41) is 12.8. The largest absolute Gasteiger partial charge is 0.444 e. The van der Waals surface area contributed by atoms with E-state index in [4.69, 9.17) is 4.74 Å². The summed E-state index contributed by atoms with van der Waals surface area (Å²) in [5.74, 6) is 0.500. The Morgan fingerprint density at radius 3 is 2.48 bits per heavy atom. The van der Waals surface area contributed by atoms with Crippen LogP contribution in [-0.2, 0) is 9.53 Å². The average molecular weight is 299 g/mol. The van der Waals surface area contributed by atoms with Gasteiger partial charge in [0.2, 0.25) is 0 Å². The number of amides is 1. The van der Waals surface area contributed by atoms with Gasteiger partial charge in [-0.1, -0.05) is 32.1 Å². The van der Waals surface area contributed by atoms with Gasteiger partial charge in [0.05, 0.1) is 12.1 Å². The summed E-state index contributed by atoms with van der Waals surface area (Å²) in [6.45, 7) is 5.39. The van der Waals surface area contributed by atoms with Crippen LogP contribution in [0.25, 0.3) is 0 Å². The van der Waals surface area contributed by atoms with Crippen molar-refractivity contribution >= 4 is 12.4 Å². The number of hydrogen-bond acceptors (Lipinski definition) is 4. The number of carbonyl (C=O) groups excluding carboxylic acids is 2. The fourth-order valence-corrected chi connectivity index (χ4v) is 2.82. The fourth-order valence-electron chi connectivity index (χ4n) is 2.82. The molecular weight excluding hydrogens is 270 g/mol. The third kappa shape index (κ3) is 7.46. The maximum atomic E-state index is 11.9. The molecule has 5 heteroatoms. The van der Waals surface area contributed by atoms with Crippen molar-refractivity contribution in [1.29, 1.82) is 0 Å². The highest BCUT2D eigenvalue weighted by molar-refractivity contribution is 5.68. The number of aliphatic hydroxyl groups is 1. The lowest BCUT2D eigenvalue weighted by molar-refractivity contribution is -0.110. The lowest BCUT2D eigenvalue weighted by Crippen LogP contribution is -2.46. The minimum Gasteiger partial charge on any atom is -0.444 e. The molecule has 0 aliphatic heterocycles. The Balaban J connectivity index is 2.58. The van der Waals surface area contributed by atoms with Crippen molar-refractivity contribution in [1.82, 2.24) is 5.32 Å². The number of carbonyl (C=O) groups is 2. The van der Waals surface area contributed by atoms with Crippen LogP contribution in [0.4, 0.5) is 4.79 Å². The summed E-state index contributed by atoms with van der Waals surface area (Å²) in [5.41, 5.74) is -0.574. The highest BCUT2D eigenvalue weighted by atomic mass is 16.6. The summed E-state index contributed by atoms with van der Waals surface area (Å²) < 4.78 is 5.24. The van der Waals surface area contributed by atoms with Gasteiger partial charge >= 0.3 is 6.09 Å². The Hall–Kier alpha value is -1.10. The van der Waals surface area contributed by atoms with Gasteiger partial charge in [-0.15, -0.1) is 0 Å². The van der Waals surface area contributed by atoms with Crippen molar-refractivity contribution < 1.29 is 19.4 Å². The Labute approximate surface area is 127 Å². The van der Waals surface area contributed by atoms with E-state index in [1.54, 1.807) is 20.8 Å². The number of rotatable bonds is 6. The molecule has 2 N–H and O–H groups in total. The van der Waals surface area contributed by atoms with E-state index in [0.29, 0.717) is 18.6 Å². The zero-order valence-electron chi connectivity index (χ0n) is 13.4. The highest BCUT2D eigenvalue weighted by Crippen LogP contribution is 2.28. The van der Waals surface area contributed by atoms with Crippen LogP contribution < -0.4 is 5.32 Å². The smallest absolute Gasteiger partial charge is 0.407 e. The van der Waals surface area contributed by atoms with Crippen molar-refractivity contribution in [2.45, 2.75) is 83.5 Å². The van der Waals surface area contributed by atoms with Crippen LogP contribution in [0.5, 0.6) is 0 Å². The monoisotopic (exact) mass is 299 g/mol. The molecule has 0 bridgehead atoms. The molecule has 0 aromatic carbocycles. The number of alkyl carbamates (subject to hydrolysis) is 1. The van der Waals surface area contributed by atoms with Crippen molar-refractivity contribution in [3.05, 3.63) is 0 Å². The van der Waals surface area contributed by atoms with Gasteiger partial charge < -0.3 is 20.0 Å². The normalized spacial score (nSPS) is 19.6. The third-order valence-corrected chi connectivity index (χ3v) is 3.82. The van der Waals surface area contributed by atoms with Gasteiger partial charge in [0.25, 0.3) is 0 Å². The molecule has 0 saturated heterocycles. The minimum atomic E-state index is -0.850. The Morgan fingerprint density at radius 2 is 1.95 bits per heavy atom. The molecule has 1 aliphatic carbocycles. The van der Waals surface area contributed by atoms with Gasteiger partial charge in [-0.25, -0.2) is 4.79 Å². The van der Waals surface area contributed by atoms with Crippen molar-refractivity contribution in [2.24, 2.45) is 5.92 Å². The molecule has 2 atom stereocenters. The molecule has 122 valence electrons. The molecule has 1 fully saturated rings. The van der Waals surface area contributed by atoms with Gasteiger partial charge in [-0.2, -0.15) is 0 Å². The van der Waals surface area contributed by atoms with Crippen LogP contribution in [0.1, 0.15) is 65.7 Å². The van der Waals surface area contributed by atoms with Crippen LogP contribution in [0.15, 0.2) is 0 Å². The van der Waals surface area contributed by atoms with Crippen LogP contribution in [-0.4, -0.2) is 35.2 Å². The molecule has 0 aromatic heterocycles. The van der Waals surface area contributed by atoms with E-state index in [0.717, 1.165) is 12.8 Å². The summed E-state index contributed by atoms with van der Waals surface area (Å²) in [6.07, 6.45) is 5.96. The molecule has 1 rings (SSSR count). The molecule has 1 saturated carbocycles. The lowest BCUT2D eigenvalue weighted by atomic mass is 9.83. The van der Waals surface area contributed by atoms with Gasteiger partial charge in [0.1, 0.15) is 11.9 Å². The number of aliphatic hydroxyl groups excluding tert-OH is 1. The predicted molar refractivity (Wildman–Crippen MR) is 81.0 cm³/mol. The number of ether oxygens (including phenoxy) is 1. The van der Waals surface area contributed by atoms with Crippen LogP contribution >= 0.6 is 0 Å². The molecule has 0 aromatic rings. The zero-order chi connectivity index (χ0) is 15.9. The SMILES string of the molecule is CC(C)(C)OC(=O)NC(CC1CCCCC1)C(O)CC=O. The van der Waals surface area contributed by atoms with E-state index in [1.807, 2.05) is 0 Å². The van der Waals surface area contributed by atoms with Gasteiger partial charge in [-0.05, 0) is 33.1 Å². The zero-order valence-corrected chi connectivity index (χ0v) is 13.4. The Bertz CT molecular complexity index is 332. The first-order chi connectivity index (χ1) is 9.81. The van der Waals surface area contributed by atoms with E-state index in [1.165, 1.54) is 19.3 Å². The first-order valence-electron chi connectivity index (χ1n) is 7.93. The summed E-state index contributed by atoms with van der Waals surface area (Å²) in [7, 11) is 0. The molecule has 21 heavy (non-hydrogen) atoms. The first kappa shape index (κ1) is 18.0. The van der Waals surface area contributed by atoms with E-state index >= 15 is 0 Å². The fraction of sp³-hybridized carbons (Fsp3) is 0.875. The number of hydrogen-bond donors (Lipinski definition) is 2. The Kier molecular flexibility index (Phi) is 7.15. The maximum absolute atomic E-state index is 11.9. The number of aldehydes is 1. The second-order valence-electron chi connectivity index (χ2n) is 6.96. The number of nitrogens with one attached hydrogen (secondary N) is 1. The highest BCUT2D eigenvalue weighted by Gasteiger charge is 2.27. The van der Waals surface area contributed by atoms with Crippen molar-refractivity contribution in [2.75, 3.05) is 0 Å². The standard InChI is InChI=1S/C16H29NO4/c1-16(2,3)21-15(20)17-13(14(19)9-10-18)11-12-7-5-4-6-8-12/h10,12-14,19H,4-9,11H2,1-3H3,(H,17,20). The van der Waals surface area contributed by atoms with E-state index in [9.17, 15) is 14.7 Å². The van der Waals surface area contributed by atoms with Gasteiger partial charge in [-0.3, -0.25) is 0 Å². The first-order valence-corrected chi connectivity index (χ1v) is 7.93. The molecule has 0 spiro atoms. The van der Waals surface area contributed by atoms with Crippen molar-refractivity contribution in [3.63, 3.8) is 0 Å². The molecule has 2 unspecified atom stereocenters. The third-order valence-electron chi connectivity index (χ3n) is 3.82. The summed E-state index contributed by atoms with van der Waals surface area (Å²) in [6, 6.07) is -0.423. The van der Waals surface area contributed by atoms with Crippen LogP contribution in [0.2, 0.25) is 0 Å². The second kappa shape index (κ2) is 8.37. The lowest BCUT2D eigenvalue weighted by Gasteiger charge is -2.30. The molecule has 1 aliphatic rings. The van der Waals surface area contributed by atoms with Gasteiger partial charge in [0, 0.05) is 6.42 Å². The Morgan fingerprint density at radius 1 is 1.33 bits per heavy atom. The van der Waals surface area contributed by atoms with Crippen LogP contribution in [0.3, 0.4) is 0 Å². The predicted octanol–water partition coefficient (Wildman–Crippen LogP) is 2.80. The van der Waals surface area contributed by atoms with E-state index in [2.05, 4.69) is 5.32 Å². The van der Waals surface area contributed by atoms with Gasteiger partial charge in [0.15, 0.2) is 0 Å². The van der Waals surface area contributed by atoms with Crippen LogP contribution in [0, 0.1) is 5.92 Å². The summed E-state index contributed by atoms with van der Waals surface area (Å²) in [4.78, 5) is 22.5. The molecule has 0 radical (unpaired) electrons. The van der Waals surface area contributed by atoms with E-state index < -0.39 is 23.8 Å². The maximum Gasteiger partial charge on any atom is 0.407 e. The van der Waals surface area contributed by atoms with Crippen molar-refractivity contribution in [3.8, 4) is 0 Å². The average Bonchev–Trinajstić information content (AvgIpc) is 2.37. The summed E-state index contributed by atoms with van der Waals surface area (Å²) >= 11 is 0.